The molecular weight excluding hydrogens is 257 g/mol. The van der Waals surface area contributed by atoms with Crippen LogP contribution in [0.5, 0.6) is 0 Å². The normalized spacial score (nSPS) is 13.2. The van der Waals surface area contributed by atoms with E-state index in [0.29, 0.717) is 0 Å². The third kappa shape index (κ3) is 3.97. The highest BCUT2D eigenvalue weighted by atomic mass is 19.4. The summed E-state index contributed by atoms with van der Waals surface area (Å²) < 4.78 is 38.2. The van der Waals surface area contributed by atoms with Crippen LogP contribution in [-0.4, -0.2) is 30.1 Å². The van der Waals surface area contributed by atoms with Crippen molar-refractivity contribution >= 4 is 11.6 Å². The molecule has 19 heavy (non-hydrogen) atoms. The molecule has 7 heteroatoms. The van der Waals surface area contributed by atoms with Crippen LogP contribution in [0.25, 0.3) is 0 Å². The first-order valence-electron chi connectivity index (χ1n) is 6.16. The molecular formula is C12H19F3N4. The maximum Gasteiger partial charge on any atom is 0.451 e. The Balaban J connectivity index is 3.13. The molecule has 0 saturated carbocycles. The first kappa shape index (κ1) is 15.5. The molecule has 0 saturated heterocycles. The van der Waals surface area contributed by atoms with Crippen LogP contribution in [-0.2, 0) is 6.18 Å². The van der Waals surface area contributed by atoms with Crippen LogP contribution in [0, 0.1) is 0 Å². The Labute approximate surface area is 111 Å². The van der Waals surface area contributed by atoms with Gasteiger partial charge in [-0.25, -0.2) is 9.97 Å². The van der Waals surface area contributed by atoms with Crippen molar-refractivity contribution in [1.29, 1.82) is 0 Å². The molecule has 1 aromatic heterocycles. The van der Waals surface area contributed by atoms with E-state index in [1.54, 1.807) is 11.9 Å². The molecule has 0 amide bonds. The maximum absolute atomic E-state index is 12.7. The van der Waals surface area contributed by atoms with Gasteiger partial charge in [-0.05, 0) is 13.3 Å². The van der Waals surface area contributed by atoms with E-state index in [2.05, 4.69) is 15.3 Å². The molecule has 1 aromatic rings. The number of aromatic nitrogens is 2. The Morgan fingerprint density at radius 3 is 2.47 bits per heavy atom. The fourth-order valence-corrected chi connectivity index (χ4v) is 1.71. The van der Waals surface area contributed by atoms with Crippen molar-refractivity contribution in [3.63, 3.8) is 0 Å². The minimum Gasteiger partial charge on any atom is -0.373 e. The summed E-state index contributed by atoms with van der Waals surface area (Å²) in [5.41, 5.74) is 0. The summed E-state index contributed by atoms with van der Waals surface area (Å²) >= 11 is 0. The van der Waals surface area contributed by atoms with Crippen LogP contribution in [0.3, 0.4) is 0 Å². The van der Waals surface area contributed by atoms with Gasteiger partial charge in [-0.3, -0.25) is 0 Å². The molecule has 1 heterocycles. The summed E-state index contributed by atoms with van der Waals surface area (Å²) in [7, 11) is 3.27. The summed E-state index contributed by atoms with van der Waals surface area (Å²) in [6, 6.07) is 1.63. The average Bonchev–Trinajstić information content (AvgIpc) is 2.36. The lowest BCUT2D eigenvalue weighted by molar-refractivity contribution is -0.144. The van der Waals surface area contributed by atoms with Crippen molar-refractivity contribution in [2.24, 2.45) is 0 Å². The SMILES string of the molecule is CCCC(C)N(C)c1cc(NC)nc(C(F)(F)F)n1. The van der Waals surface area contributed by atoms with E-state index < -0.39 is 12.0 Å². The number of anilines is 2. The van der Waals surface area contributed by atoms with Crippen molar-refractivity contribution in [1.82, 2.24) is 9.97 Å². The Bertz CT molecular complexity index is 420. The highest BCUT2D eigenvalue weighted by molar-refractivity contribution is 5.49. The van der Waals surface area contributed by atoms with Gasteiger partial charge in [0, 0.05) is 26.2 Å². The first-order valence-corrected chi connectivity index (χ1v) is 6.16. The fraction of sp³-hybridized carbons (Fsp3) is 0.667. The largest absolute Gasteiger partial charge is 0.451 e. The molecule has 0 radical (unpaired) electrons. The molecule has 0 aliphatic heterocycles. The van der Waals surface area contributed by atoms with Crippen LogP contribution in [0.4, 0.5) is 24.8 Å². The number of alkyl halides is 3. The van der Waals surface area contributed by atoms with Gasteiger partial charge in [-0.1, -0.05) is 13.3 Å². The molecule has 4 nitrogen and oxygen atoms in total. The highest BCUT2D eigenvalue weighted by Crippen LogP contribution is 2.29. The third-order valence-corrected chi connectivity index (χ3v) is 2.95. The Morgan fingerprint density at radius 1 is 1.37 bits per heavy atom. The molecule has 1 atom stereocenters. The fourth-order valence-electron chi connectivity index (χ4n) is 1.71. The summed E-state index contributed by atoms with van der Waals surface area (Å²) in [5, 5.41) is 2.63. The molecule has 0 aliphatic carbocycles. The number of hydrogen-bond acceptors (Lipinski definition) is 4. The first-order chi connectivity index (χ1) is 8.79. The van der Waals surface area contributed by atoms with Gasteiger partial charge in [-0.15, -0.1) is 0 Å². The van der Waals surface area contributed by atoms with Crippen molar-refractivity contribution < 1.29 is 13.2 Å². The van der Waals surface area contributed by atoms with Crippen molar-refractivity contribution in [2.45, 2.75) is 38.9 Å². The van der Waals surface area contributed by atoms with Gasteiger partial charge in [0.2, 0.25) is 5.82 Å². The molecule has 1 rings (SSSR count). The lowest BCUT2D eigenvalue weighted by atomic mass is 10.2. The van der Waals surface area contributed by atoms with E-state index in [4.69, 9.17) is 0 Å². The Hall–Kier alpha value is -1.53. The van der Waals surface area contributed by atoms with Gasteiger partial charge in [0.25, 0.3) is 0 Å². The van der Waals surface area contributed by atoms with Crippen molar-refractivity contribution in [3.8, 4) is 0 Å². The lowest BCUT2D eigenvalue weighted by Crippen LogP contribution is -2.30. The zero-order valence-corrected chi connectivity index (χ0v) is 11.5. The van der Waals surface area contributed by atoms with E-state index in [-0.39, 0.29) is 17.7 Å². The topological polar surface area (TPSA) is 41.0 Å². The standard InChI is InChI=1S/C12H19F3N4/c1-5-6-8(2)19(4)10-7-9(16-3)17-11(18-10)12(13,14)15/h7-8H,5-6H2,1-4H3,(H,16,17,18). The molecule has 0 bridgehead atoms. The predicted octanol–water partition coefficient (Wildman–Crippen LogP) is 3.16. The number of nitrogens with zero attached hydrogens (tertiary/aromatic N) is 3. The minimum atomic E-state index is -4.55. The van der Waals surface area contributed by atoms with Crippen LogP contribution >= 0.6 is 0 Å². The predicted molar refractivity (Wildman–Crippen MR) is 69.4 cm³/mol. The van der Waals surface area contributed by atoms with Gasteiger partial charge in [0.05, 0.1) is 0 Å². The van der Waals surface area contributed by atoms with E-state index in [9.17, 15) is 13.2 Å². The van der Waals surface area contributed by atoms with Crippen LogP contribution in [0.1, 0.15) is 32.5 Å². The van der Waals surface area contributed by atoms with Gasteiger partial charge < -0.3 is 10.2 Å². The highest BCUT2D eigenvalue weighted by Gasteiger charge is 2.35. The second kappa shape index (κ2) is 6.08. The van der Waals surface area contributed by atoms with Gasteiger partial charge in [0.1, 0.15) is 11.6 Å². The number of halogens is 3. The van der Waals surface area contributed by atoms with Crippen molar-refractivity contribution in [2.75, 3.05) is 24.3 Å². The number of rotatable bonds is 5. The van der Waals surface area contributed by atoms with Crippen LogP contribution in [0.15, 0.2) is 6.07 Å². The molecule has 1 N–H and O–H groups in total. The molecule has 0 aliphatic rings. The molecule has 0 aromatic carbocycles. The Kier molecular flexibility index (Phi) is 4.97. The van der Waals surface area contributed by atoms with E-state index in [1.807, 2.05) is 13.8 Å². The summed E-state index contributed by atoms with van der Waals surface area (Å²) in [6.45, 7) is 3.99. The van der Waals surface area contributed by atoms with Gasteiger partial charge in [0.15, 0.2) is 0 Å². The zero-order chi connectivity index (χ0) is 14.6. The maximum atomic E-state index is 12.7. The van der Waals surface area contributed by atoms with Gasteiger partial charge >= 0.3 is 6.18 Å². The van der Waals surface area contributed by atoms with E-state index in [0.717, 1.165) is 12.8 Å². The smallest absolute Gasteiger partial charge is 0.373 e. The monoisotopic (exact) mass is 276 g/mol. The second-order valence-electron chi connectivity index (χ2n) is 4.43. The van der Waals surface area contributed by atoms with Crippen LogP contribution in [0.2, 0.25) is 0 Å². The molecule has 1 unspecified atom stereocenters. The van der Waals surface area contributed by atoms with E-state index >= 15 is 0 Å². The summed E-state index contributed by atoms with van der Waals surface area (Å²) in [4.78, 5) is 8.78. The molecule has 0 spiro atoms. The quantitative estimate of drug-likeness (QED) is 0.897. The second-order valence-corrected chi connectivity index (χ2v) is 4.43. The van der Waals surface area contributed by atoms with Crippen LogP contribution < -0.4 is 10.2 Å². The lowest BCUT2D eigenvalue weighted by Gasteiger charge is -2.26. The third-order valence-electron chi connectivity index (χ3n) is 2.95. The molecule has 108 valence electrons. The minimum absolute atomic E-state index is 0.116. The molecule has 0 fully saturated rings. The Morgan fingerprint density at radius 2 is 2.00 bits per heavy atom. The van der Waals surface area contributed by atoms with Crippen molar-refractivity contribution in [3.05, 3.63) is 11.9 Å². The summed E-state index contributed by atoms with van der Waals surface area (Å²) in [5.74, 6) is -0.689. The number of hydrogen-bond donors (Lipinski definition) is 1. The zero-order valence-electron chi connectivity index (χ0n) is 11.5. The van der Waals surface area contributed by atoms with E-state index in [1.165, 1.54) is 13.1 Å². The average molecular weight is 276 g/mol. The number of nitrogens with one attached hydrogen (secondary N) is 1. The van der Waals surface area contributed by atoms with Gasteiger partial charge in [-0.2, -0.15) is 13.2 Å². The summed E-state index contributed by atoms with van der Waals surface area (Å²) in [6.07, 6.45) is -2.70.